The maximum atomic E-state index is 13.0. The minimum absolute atomic E-state index is 0.00948. The Morgan fingerprint density at radius 3 is 2.79 bits per heavy atom. The predicted molar refractivity (Wildman–Crippen MR) is 114 cm³/mol. The Morgan fingerprint density at radius 1 is 1.21 bits per heavy atom. The summed E-state index contributed by atoms with van der Waals surface area (Å²) in [5.41, 5.74) is 3.85. The average molecular weight is 409 g/mol. The molecule has 0 saturated carbocycles. The Morgan fingerprint density at radius 2 is 2.03 bits per heavy atom. The van der Waals surface area contributed by atoms with Crippen LogP contribution in [0.4, 0.5) is 5.13 Å². The smallest absolute Gasteiger partial charge is 0.266 e. The van der Waals surface area contributed by atoms with Gasteiger partial charge in [-0.25, -0.2) is 4.98 Å². The van der Waals surface area contributed by atoms with Crippen molar-refractivity contribution < 1.29 is 9.53 Å². The third-order valence-corrected chi connectivity index (χ3v) is 6.11. The molecule has 1 saturated heterocycles. The number of amides is 1. The van der Waals surface area contributed by atoms with Gasteiger partial charge in [-0.15, -0.1) is 0 Å². The molecule has 1 aliphatic heterocycles. The van der Waals surface area contributed by atoms with Crippen molar-refractivity contribution in [2.75, 3.05) is 32.1 Å². The van der Waals surface area contributed by atoms with Gasteiger partial charge in [-0.3, -0.25) is 9.78 Å². The van der Waals surface area contributed by atoms with Gasteiger partial charge >= 0.3 is 0 Å². The first-order valence-electron chi connectivity index (χ1n) is 9.70. The van der Waals surface area contributed by atoms with Crippen molar-refractivity contribution >= 4 is 22.4 Å². The number of pyridine rings is 1. The first kappa shape index (κ1) is 19.5. The number of hydrogen-bond donors (Lipinski definition) is 1. The van der Waals surface area contributed by atoms with Crippen molar-refractivity contribution in [3.63, 3.8) is 0 Å². The Bertz CT molecular complexity index is 989. The molecule has 3 heterocycles. The number of aromatic nitrogens is 2. The minimum Gasteiger partial charge on any atom is -0.368 e. The summed E-state index contributed by atoms with van der Waals surface area (Å²) in [5, 5.41) is 3.76. The van der Waals surface area contributed by atoms with Crippen molar-refractivity contribution in [3.05, 3.63) is 76.1 Å². The largest absolute Gasteiger partial charge is 0.368 e. The Labute approximate surface area is 174 Å². The number of carbonyl (C=O) groups excluding carboxylic acids is 1. The molecule has 1 amide bonds. The third kappa shape index (κ3) is 4.46. The third-order valence-electron chi connectivity index (χ3n) is 4.94. The summed E-state index contributed by atoms with van der Waals surface area (Å²) in [5.74, 6) is 0.00948. The van der Waals surface area contributed by atoms with Crippen LogP contribution in [0.25, 0.3) is 0 Å². The summed E-state index contributed by atoms with van der Waals surface area (Å²) in [6.45, 7) is 3.44. The van der Waals surface area contributed by atoms with Crippen LogP contribution in [-0.4, -0.2) is 47.5 Å². The second-order valence-corrected chi connectivity index (χ2v) is 8.01. The molecule has 29 heavy (non-hydrogen) atoms. The van der Waals surface area contributed by atoms with Gasteiger partial charge in [0.25, 0.3) is 5.91 Å². The zero-order valence-corrected chi connectivity index (χ0v) is 17.4. The summed E-state index contributed by atoms with van der Waals surface area (Å²) >= 11 is 1.39. The second-order valence-electron chi connectivity index (χ2n) is 7.01. The molecule has 0 spiro atoms. The number of aryl methyl sites for hydroxylation is 1. The van der Waals surface area contributed by atoms with Crippen LogP contribution >= 0.6 is 11.3 Å². The summed E-state index contributed by atoms with van der Waals surface area (Å²) in [4.78, 5) is 24.8. The fourth-order valence-corrected chi connectivity index (χ4v) is 4.33. The highest BCUT2D eigenvalue weighted by atomic mass is 32.1. The highest BCUT2D eigenvalue weighted by Gasteiger charge is 2.29. The van der Waals surface area contributed by atoms with E-state index in [2.05, 4.69) is 22.4 Å². The van der Waals surface area contributed by atoms with Crippen LogP contribution in [0, 0.1) is 6.92 Å². The van der Waals surface area contributed by atoms with E-state index < -0.39 is 0 Å². The van der Waals surface area contributed by atoms with E-state index in [-0.39, 0.29) is 12.0 Å². The number of benzene rings is 1. The number of nitrogens with one attached hydrogen (secondary N) is 1. The van der Waals surface area contributed by atoms with Crippen LogP contribution in [0.15, 0.2) is 48.5 Å². The molecular formula is C22H24N4O2S. The maximum absolute atomic E-state index is 13.0. The van der Waals surface area contributed by atoms with E-state index in [4.69, 9.17) is 9.72 Å². The van der Waals surface area contributed by atoms with Crippen molar-refractivity contribution in [2.45, 2.75) is 19.4 Å². The van der Waals surface area contributed by atoms with Gasteiger partial charge in [-0.05, 0) is 24.6 Å². The fourth-order valence-electron chi connectivity index (χ4n) is 3.44. The molecule has 1 atom stereocenters. The lowest BCUT2D eigenvalue weighted by Crippen LogP contribution is -2.42. The monoisotopic (exact) mass is 408 g/mol. The molecule has 1 fully saturated rings. The van der Waals surface area contributed by atoms with E-state index in [1.807, 2.05) is 55.3 Å². The van der Waals surface area contributed by atoms with E-state index in [0.29, 0.717) is 24.6 Å². The number of rotatable bonds is 5. The van der Waals surface area contributed by atoms with Crippen LogP contribution in [0.3, 0.4) is 0 Å². The molecule has 1 N–H and O–H groups in total. The van der Waals surface area contributed by atoms with E-state index >= 15 is 0 Å². The van der Waals surface area contributed by atoms with Crippen LogP contribution in [0.2, 0.25) is 0 Å². The van der Waals surface area contributed by atoms with Gasteiger partial charge in [-0.1, -0.05) is 47.7 Å². The van der Waals surface area contributed by atoms with Crippen LogP contribution in [0.1, 0.15) is 38.4 Å². The van der Waals surface area contributed by atoms with Crippen molar-refractivity contribution in [1.82, 2.24) is 14.9 Å². The number of nitrogens with zero attached hydrogens (tertiary/aromatic N) is 3. The number of ether oxygens (including phenoxy) is 1. The van der Waals surface area contributed by atoms with Crippen LogP contribution in [-0.2, 0) is 11.2 Å². The Balaban J connectivity index is 1.49. The molecule has 6 nitrogen and oxygen atoms in total. The first-order chi connectivity index (χ1) is 14.1. The molecule has 2 aromatic heterocycles. The molecule has 150 valence electrons. The molecule has 0 radical (unpaired) electrons. The quantitative estimate of drug-likeness (QED) is 0.697. The minimum atomic E-state index is -0.222. The number of anilines is 1. The summed E-state index contributed by atoms with van der Waals surface area (Å²) in [6.07, 6.45) is 0.553. The van der Waals surface area contributed by atoms with Gasteiger partial charge in [-0.2, -0.15) is 0 Å². The number of hydrogen-bond acceptors (Lipinski definition) is 6. The lowest BCUT2D eigenvalue weighted by Gasteiger charge is -2.32. The first-order valence-corrected chi connectivity index (χ1v) is 10.5. The van der Waals surface area contributed by atoms with Gasteiger partial charge in [0.15, 0.2) is 5.13 Å². The number of morpholine rings is 1. The van der Waals surface area contributed by atoms with Gasteiger partial charge in [0.2, 0.25) is 0 Å². The Kier molecular flexibility index (Phi) is 5.87. The Hall–Kier alpha value is -2.77. The zero-order valence-electron chi connectivity index (χ0n) is 16.6. The predicted octanol–water partition coefficient (Wildman–Crippen LogP) is 3.69. The number of carbonyl (C=O) groups is 1. The molecule has 1 aromatic carbocycles. The van der Waals surface area contributed by atoms with Gasteiger partial charge in [0.1, 0.15) is 11.0 Å². The van der Waals surface area contributed by atoms with E-state index in [1.54, 1.807) is 0 Å². The van der Waals surface area contributed by atoms with Crippen molar-refractivity contribution in [2.24, 2.45) is 0 Å². The molecule has 0 unspecified atom stereocenters. The van der Waals surface area contributed by atoms with E-state index in [1.165, 1.54) is 16.9 Å². The van der Waals surface area contributed by atoms with Crippen LogP contribution in [0.5, 0.6) is 0 Å². The number of thiazole rings is 1. The summed E-state index contributed by atoms with van der Waals surface area (Å²) < 4.78 is 5.96. The lowest BCUT2D eigenvalue weighted by molar-refractivity contribution is -0.0246. The topological polar surface area (TPSA) is 67.4 Å². The van der Waals surface area contributed by atoms with Crippen LogP contribution < -0.4 is 5.32 Å². The summed E-state index contributed by atoms with van der Waals surface area (Å²) in [6, 6.07) is 16.3. The lowest BCUT2D eigenvalue weighted by atomic mass is 10.1. The van der Waals surface area contributed by atoms with Crippen molar-refractivity contribution in [1.29, 1.82) is 0 Å². The van der Waals surface area contributed by atoms with E-state index in [9.17, 15) is 4.79 Å². The van der Waals surface area contributed by atoms with Gasteiger partial charge in [0.05, 0.1) is 24.5 Å². The molecule has 4 rings (SSSR count). The molecular weight excluding hydrogens is 384 g/mol. The van der Waals surface area contributed by atoms with Gasteiger partial charge < -0.3 is 15.0 Å². The highest BCUT2D eigenvalue weighted by Crippen LogP contribution is 2.27. The summed E-state index contributed by atoms with van der Waals surface area (Å²) in [7, 11) is 1.81. The zero-order chi connectivity index (χ0) is 20.2. The molecule has 1 aliphatic rings. The fraction of sp³-hybridized carbons (Fsp3) is 0.318. The SMILES string of the molecule is CNc1nc(C)c(C(=O)N2CCO[C@H](c3cccc(Cc4ccccc4)n3)C2)s1. The molecule has 0 bridgehead atoms. The maximum Gasteiger partial charge on any atom is 0.266 e. The second kappa shape index (κ2) is 8.71. The standard InChI is InChI=1S/C22H24N4O2S/c1-15-20(29-22(23-2)24-15)21(27)26-11-12-28-19(14-26)18-10-6-9-17(25-18)13-16-7-4-3-5-8-16/h3-10,19H,11-14H2,1-2H3,(H,23,24)/t19-/m0/s1. The molecule has 7 heteroatoms. The normalized spacial score (nSPS) is 16.6. The van der Waals surface area contributed by atoms with Crippen molar-refractivity contribution in [3.8, 4) is 0 Å². The molecule has 0 aliphatic carbocycles. The van der Waals surface area contributed by atoms with E-state index in [0.717, 1.165) is 28.6 Å². The average Bonchev–Trinajstić information content (AvgIpc) is 3.15. The molecule has 3 aromatic rings. The van der Waals surface area contributed by atoms with Gasteiger partial charge in [0, 0.05) is 25.7 Å². The highest BCUT2D eigenvalue weighted by molar-refractivity contribution is 7.17.